The summed E-state index contributed by atoms with van der Waals surface area (Å²) in [4.78, 5) is 11.3. The molecule has 2 rings (SSSR count). The average Bonchev–Trinajstić information content (AvgIpc) is 2.41. The molecule has 4 nitrogen and oxygen atoms in total. The molecule has 0 heterocycles. The molecule has 0 spiro atoms. The molecule has 0 bridgehead atoms. The molecule has 0 aromatic heterocycles. The van der Waals surface area contributed by atoms with Crippen LogP contribution < -0.4 is 16.8 Å². The van der Waals surface area contributed by atoms with Gasteiger partial charge in [0, 0.05) is 11.7 Å². The minimum Gasteiger partial charge on any atom is -0.398 e. The molecule has 5 N–H and O–H groups in total. The standard InChI is InChI=1S/C16H18FN3O/c1-9-5-3-4-6-11(9)10(2)20-15-7-12(16(19)21)14(18)8-13(15)17/h3-8,10,20H,18H2,1-2H3,(H2,19,21). The Morgan fingerprint density at radius 2 is 1.95 bits per heavy atom. The van der Waals surface area contributed by atoms with Crippen LogP contribution in [-0.4, -0.2) is 5.91 Å². The van der Waals surface area contributed by atoms with Gasteiger partial charge in [0.25, 0.3) is 5.91 Å². The van der Waals surface area contributed by atoms with Crippen LogP contribution in [0.15, 0.2) is 36.4 Å². The highest BCUT2D eigenvalue weighted by atomic mass is 19.1. The lowest BCUT2D eigenvalue weighted by molar-refractivity contribution is 0.100. The third-order valence-corrected chi connectivity index (χ3v) is 3.43. The Morgan fingerprint density at radius 1 is 1.29 bits per heavy atom. The predicted molar refractivity (Wildman–Crippen MR) is 82.5 cm³/mol. The number of anilines is 2. The third kappa shape index (κ3) is 3.13. The van der Waals surface area contributed by atoms with Crippen LogP contribution in [0.1, 0.15) is 34.5 Å². The summed E-state index contributed by atoms with van der Waals surface area (Å²) in [5, 5.41) is 3.05. The first-order chi connectivity index (χ1) is 9.90. The largest absolute Gasteiger partial charge is 0.398 e. The highest BCUT2D eigenvalue weighted by Gasteiger charge is 2.15. The zero-order valence-electron chi connectivity index (χ0n) is 12.0. The smallest absolute Gasteiger partial charge is 0.250 e. The van der Waals surface area contributed by atoms with E-state index in [9.17, 15) is 9.18 Å². The predicted octanol–water partition coefficient (Wildman–Crippen LogP) is 2.99. The minimum absolute atomic E-state index is 0.0362. The lowest BCUT2D eigenvalue weighted by Gasteiger charge is -2.19. The van der Waals surface area contributed by atoms with Crippen molar-refractivity contribution >= 4 is 17.3 Å². The van der Waals surface area contributed by atoms with Crippen LogP contribution in [0.4, 0.5) is 15.8 Å². The number of halogens is 1. The highest BCUT2D eigenvalue weighted by molar-refractivity contribution is 5.99. The molecular weight excluding hydrogens is 269 g/mol. The zero-order valence-corrected chi connectivity index (χ0v) is 12.0. The Hall–Kier alpha value is -2.56. The van der Waals surface area contributed by atoms with Gasteiger partial charge in [-0.1, -0.05) is 24.3 Å². The van der Waals surface area contributed by atoms with Crippen LogP contribution in [0.5, 0.6) is 0 Å². The zero-order chi connectivity index (χ0) is 15.6. The first kappa shape index (κ1) is 14.8. The molecule has 2 aromatic rings. The van der Waals surface area contributed by atoms with Gasteiger partial charge in [0.05, 0.1) is 11.3 Å². The second-order valence-electron chi connectivity index (χ2n) is 5.01. The Morgan fingerprint density at radius 3 is 2.57 bits per heavy atom. The summed E-state index contributed by atoms with van der Waals surface area (Å²) in [7, 11) is 0. The number of nitrogen functional groups attached to an aromatic ring is 1. The Kier molecular flexibility index (Phi) is 4.12. The number of benzene rings is 2. The molecule has 0 saturated heterocycles. The monoisotopic (exact) mass is 287 g/mol. The third-order valence-electron chi connectivity index (χ3n) is 3.43. The van der Waals surface area contributed by atoms with Crippen molar-refractivity contribution in [3.63, 3.8) is 0 Å². The number of hydrogen-bond acceptors (Lipinski definition) is 3. The minimum atomic E-state index is -0.681. The van der Waals surface area contributed by atoms with E-state index < -0.39 is 11.7 Å². The number of rotatable bonds is 4. The SMILES string of the molecule is Cc1ccccc1C(C)Nc1cc(C(N)=O)c(N)cc1F. The van der Waals surface area contributed by atoms with Crippen molar-refractivity contribution in [1.29, 1.82) is 0 Å². The molecule has 0 aliphatic heterocycles. The molecule has 21 heavy (non-hydrogen) atoms. The van der Waals surface area contributed by atoms with Crippen LogP contribution in [-0.2, 0) is 0 Å². The summed E-state index contributed by atoms with van der Waals surface area (Å²) in [5.41, 5.74) is 13.3. The molecular formula is C16H18FN3O. The molecule has 110 valence electrons. The van der Waals surface area contributed by atoms with Crippen molar-refractivity contribution < 1.29 is 9.18 Å². The molecule has 0 aliphatic carbocycles. The molecule has 0 saturated carbocycles. The summed E-state index contributed by atoms with van der Waals surface area (Å²) < 4.78 is 14.0. The maximum Gasteiger partial charge on any atom is 0.250 e. The number of carbonyl (C=O) groups excluding carboxylic acids is 1. The van der Waals surface area contributed by atoms with Crippen molar-refractivity contribution in [2.24, 2.45) is 5.73 Å². The number of hydrogen-bond donors (Lipinski definition) is 3. The Labute approximate surface area is 123 Å². The molecule has 0 radical (unpaired) electrons. The number of primary amides is 1. The number of carbonyl (C=O) groups is 1. The van der Waals surface area contributed by atoms with E-state index in [4.69, 9.17) is 11.5 Å². The first-order valence-corrected chi connectivity index (χ1v) is 6.61. The number of amides is 1. The lowest BCUT2D eigenvalue weighted by Crippen LogP contribution is -2.16. The fourth-order valence-corrected chi connectivity index (χ4v) is 2.30. The van der Waals surface area contributed by atoms with E-state index >= 15 is 0 Å². The van der Waals surface area contributed by atoms with E-state index in [-0.39, 0.29) is 23.0 Å². The van der Waals surface area contributed by atoms with Crippen molar-refractivity contribution in [1.82, 2.24) is 0 Å². The van der Waals surface area contributed by atoms with Gasteiger partial charge < -0.3 is 16.8 Å². The number of nitrogens with one attached hydrogen (secondary N) is 1. The van der Waals surface area contributed by atoms with E-state index in [1.54, 1.807) is 0 Å². The van der Waals surface area contributed by atoms with Crippen LogP contribution in [0.3, 0.4) is 0 Å². The summed E-state index contributed by atoms with van der Waals surface area (Å²) in [6.07, 6.45) is 0. The normalized spacial score (nSPS) is 12.0. The van der Waals surface area contributed by atoms with Gasteiger partial charge >= 0.3 is 0 Å². The second kappa shape index (κ2) is 5.83. The number of aryl methyl sites for hydroxylation is 1. The Bertz CT molecular complexity index is 685. The molecule has 0 fully saturated rings. The van der Waals surface area contributed by atoms with Gasteiger partial charge in [-0.2, -0.15) is 0 Å². The van der Waals surface area contributed by atoms with Gasteiger partial charge in [-0.05, 0) is 37.1 Å². The van der Waals surface area contributed by atoms with E-state index in [1.165, 1.54) is 6.07 Å². The van der Waals surface area contributed by atoms with Crippen molar-refractivity contribution in [2.45, 2.75) is 19.9 Å². The van der Waals surface area contributed by atoms with Gasteiger partial charge in [0.1, 0.15) is 5.82 Å². The van der Waals surface area contributed by atoms with Gasteiger partial charge in [-0.3, -0.25) is 4.79 Å². The Balaban J connectivity index is 2.33. The summed E-state index contributed by atoms with van der Waals surface area (Å²) in [5.74, 6) is -1.20. The van der Waals surface area contributed by atoms with Gasteiger partial charge in [-0.15, -0.1) is 0 Å². The topological polar surface area (TPSA) is 81.1 Å². The van der Waals surface area contributed by atoms with Gasteiger partial charge in [-0.25, -0.2) is 4.39 Å². The fraction of sp³-hybridized carbons (Fsp3) is 0.188. The van der Waals surface area contributed by atoms with Crippen LogP contribution in [0.2, 0.25) is 0 Å². The molecule has 5 heteroatoms. The second-order valence-corrected chi connectivity index (χ2v) is 5.01. The van der Waals surface area contributed by atoms with Crippen molar-refractivity contribution in [3.8, 4) is 0 Å². The molecule has 2 aromatic carbocycles. The van der Waals surface area contributed by atoms with E-state index in [2.05, 4.69) is 5.32 Å². The summed E-state index contributed by atoms with van der Waals surface area (Å²) >= 11 is 0. The van der Waals surface area contributed by atoms with Gasteiger partial charge in [0.2, 0.25) is 0 Å². The summed E-state index contributed by atoms with van der Waals surface area (Å²) in [6, 6.07) is 10.2. The maximum absolute atomic E-state index is 14.0. The first-order valence-electron chi connectivity index (χ1n) is 6.61. The molecule has 1 amide bonds. The maximum atomic E-state index is 14.0. The van der Waals surface area contributed by atoms with E-state index in [0.29, 0.717) is 0 Å². The highest BCUT2D eigenvalue weighted by Crippen LogP contribution is 2.27. The van der Waals surface area contributed by atoms with E-state index in [0.717, 1.165) is 17.2 Å². The fourth-order valence-electron chi connectivity index (χ4n) is 2.30. The molecule has 1 unspecified atom stereocenters. The van der Waals surface area contributed by atoms with Crippen molar-refractivity contribution in [2.75, 3.05) is 11.1 Å². The van der Waals surface area contributed by atoms with Crippen molar-refractivity contribution in [3.05, 3.63) is 58.9 Å². The average molecular weight is 287 g/mol. The van der Waals surface area contributed by atoms with Crippen LogP contribution >= 0.6 is 0 Å². The number of nitrogens with two attached hydrogens (primary N) is 2. The van der Waals surface area contributed by atoms with Gasteiger partial charge in [0.15, 0.2) is 0 Å². The molecule has 0 aliphatic rings. The van der Waals surface area contributed by atoms with E-state index in [1.807, 2.05) is 38.1 Å². The summed E-state index contributed by atoms with van der Waals surface area (Å²) in [6.45, 7) is 3.91. The molecule has 1 atom stereocenters. The quantitative estimate of drug-likeness (QED) is 0.756. The van der Waals surface area contributed by atoms with Crippen LogP contribution in [0, 0.1) is 12.7 Å². The lowest BCUT2D eigenvalue weighted by atomic mass is 10.0. The van der Waals surface area contributed by atoms with Crippen LogP contribution in [0.25, 0.3) is 0 Å².